The summed E-state index contributed by atoms with van der Waals surface area (Å²) in [6, 6.07) is 7.00. The fourth-order valence-electron chi connectivity index (χ4n) is 1.34. The number of rotatable bonds is 1. The Labute approximate surface area is 85.0 Å². The van der Waals surface area contributed by atoms with Crippen LogP contribution in [-0.4, -0.2) is 15.3 Å². The van der Waals surface area contributed by atoms with Gasteiger partial charge in [-0.25, -0.2) is 0 Å². The van der Waals surface area contributed by atoms with E-state index in [1.54, 1.807) is 24.3 Å². The van der Waals surface area contributed by atoms with Crippen molar-refractivity contribution >= 4 is 27.7 Å². The predicted octanol–water partition coefficient (Wildman–Crippen LogP) is 2.32. The van der Waals surface area contributed by atoms with Gasteiger partial charge in [-0.05, 0) is 17.7 Å². The van der Waals surface area contributed by atoms with Crippen LogP contribution in [0, 0.1) is 0 Å². The summed E-state index contributed by atoms with van der Waals surface area (Å²) in [6.45, 7) is 0. The lowest BCUT2D eigenvalue weighted by atomic mass is 10.1. The van der Waals surface area contributed by atoms with Gasteiger partial charge >= 0.3 is 0 Å². The summed E-state index contributed by atoms with van der Waals surface area (Å²) in [6.07, 6.45) is 1.22. The van der Waals surface area contributed by atoms with Crippen molar-refractivity contribution in [3.63, 3.8) is 0 Å². The number of pyridine rings is 1. The molecule has 2 rings (SSSR count). The first-order chi connectivity index (χ1) is 6.70. The maximum Gasteiger partial charge on any atom is 0.256 e. The number of para-hydroxylation sites is 1. The Morgan fingerprint density at radius 2 is 2.07 bits per heavy atom. The van der Waals surface area contributed by atoms with Crippen molar-refractivity contribution in [1.29, 1.82) is 0 Å². The van der Waals surface area contributed by atoms with Crippen LogP contribution < -0.4 is 0 Å². The van der Waals surface area contributed by atoms with Crippen molar-refractivity contribution < 1.29 is 9.90 Å². The Balaban J connectivity index is 2.90. The molecule has 0 saturated carbocycles. The fraction of sp³-hybridized carbons (Fsp3) is 0. The van der Waals surface area contributed by atoms with Gasteiger partial charge in [0.25, 0.3) is 5.24 Å². The molecule has 0 atom stereocenters. The lowest BCUT2D eigenvalue weighted by molar-refractivity contribution is 0.108. The molecule has 0 bridgehead atoms. The fourth-order valence-corrected chi connectivity index (χ4v) is 1.54. The van der Waals surface area contributed by atoms with E-state index in [4.69, 9.17) is 11.6 Å². The van der Waals surface area contributed by atoms with Gasteiger partial charge in [0.2, 0.25) is 0 Å². The first-order valence-electron chi connectivity index (χ1n) is 3.96. The lowest BCUT2D eigenvalue weighted by Crippen LogP contribution is -1.93. The van der Waals surface area contributed by atoms with Crippen molar-refractivity contribution in [2.45, 2.75) is 0 Å². The number of halogens is 1. The maximum absolute atomic E-state index is 11.1. The van der Waals surface area contributed by atoms with Crippen LogP contribution >= 0.6 is 11.6 Å². The molecule has 1 aromatic carbocycles. The molecule has 0 unspecified atom stereocenters. The lowest BCUT2D eigenvalue weighted by Gasteiger charge is -2.03. The minimum absolute atomic E-state index is 0.109. The topological polar surface area (TPSA) is 50.2 Å². The zero-order valence-corrected chi connectivity index (χ0v) is 7.82. The zero-order valence-electron chi connectivity index (χ0n) is 7.07. The number of carbonyl (C=O) groups excluding carboxylic acids is 1. The van der Waals surface area contributed by atoms with Gasteiger partial charge in [-0.15, -0.1) is 0 Å². The average Bonchev–Trinajstić information content (AvgIpc) is 2.17. The summed E-state index contributed by atoms with van der Waals surface area (Å²) in [7, 11) is 0. The largest absolute Gasteiger partial charge is 0.505 e. The first kappa shape index (κ1) is 8.97. The van der Waals surface area contributed by atoms with Crippen molar-refractivity contribution in [2.75, 3.05) is 0 Å². The highest BCUT2D eigenvalue weighted by Crippen LogP contribution is 2.26. The molecule has 4 heteroatoms. The molecule has 0 saturated heterocycles. The van der Waals surface area contributed by atoms with Gasteiger partial charge in [-0.3, -0.25) is 9.78 Å². The van der Waals surface area contributed by atoms with Crippen molar-refractivity contribution in [3.05, 3.63) is 36.0 Å². The van der Waals surface area contributed by atoms with E-state index in [-0.39, 0.29) is 11.3 Å². The number of carbonyl (C=O) groups is 1. The molecule has 0 aliphatic carbocycles. The molecule has 14 heavy (non-hydrogen) atoms. The van der Waals surface area contributed by atoms with Gasteiger partial charge in [0.1, 0.15) is 5.75 Å². The smallest absolute Gasteiger partial charge is 0.256 e. The second-order valence-corrected chi connectivity index (χ2v) is 3.15. The van der Waals surface area contributed by atoms with Gasteiger partial charge in [0.15, 0.2) is 0 Å². The molecule has 0 aliphatic heterocycles. The molecular weight excluding hydrogens is 202 g/mol. The summed E-state index contributed by atoms with van der Waals surface area (Å²) in [4.78, 5) is 15.0. The van der Waals surface area contributed by atoms with Crippen LogP contribution in [0.1, 0.15) is 10.4 Å². The van der Waals surface area contributed by atoms with E-state index >= 15 is 0 Å². The van der Waals surface area contributed by atoms with Crippen molar-refractivity contribution in [2.24, 2.45) is 0 Å². The first-order valence-corrected chi connectivity index (χ1v) is 4.34. The van der Waals surface area contributed by atoms with E-state index < -0.39 is 5.24 Å². The summed E-state index contributed by atoms with van der Waals surface area (Å²) in [5, 5.41) is 9.29. The number of aromatic hydroxyl groups is 1. The number of fused-ring (bicyclic) bond motifs is 1. The van der Waals surface area contributed by atoms with Gasteiger partial charge in [0.05, 0.1) is 17.3 Å². The Hall–Kier alpha value is -1.61. The zero-order chi connectivity index (χ0) is 10.1. The highest BCUT2D eigenvalue weighted by atomic mass is 35.5. The summed E-state index contributed by atoms with van der Waals surface area (Å²) in [5.41, 5.74) is 0.742. The molecule has 2 aromatic rings. The molecule has 1 heterocycles. The molecule has 0 fully saturated rings. The Morgan fingerprint density at radius 3 is 2.79 bits per heavy atom. The average molecular weight is 208 g/mol. The minimum Gasteiger partial charge on any atom is -0.505 e. The summed E-state index contributed by atoms with van der Waals surface area (Å²) >= 11 is 5.36. The number of benzene rings is 1. The number of hydrogen-bond donors (Lipinski definition) is 1. The quantitative estimate of drug-likeness (QED) is 0.731. The van der Waals surface area contributed by atoms with Gasteiger partial charge in [-0.2, -0.15) is 0 Å². The van der Waals surface area contributed by atoms with Crippen LogP contribution in [0.4, 0.5) is 0 Å². The monoisotopic (exact) mass is 207 g/mol. The van der Waals surface area contributed by atoms with E-state index in [1.165, 1.54) is 6.20 Å². The van der Waals surface area contributed by atoms with Gasteiger partial charge in [-0.1, -0.05) is 18.2 Å². The molecule has 0 aliphatic rings. The van der Waals surface area contributed by atoms with Crippen molar-refractivity contribution in [1.82, 2.24) is 4.98 Å². The van der Waals surface area contributed by atoms with Crippen LogP contribution in [0.25, 0.3) is 10.9 Å². The van der Waals surface area contributed by atoms with Crippen LogP contribution in [0.15, 0.2) is 30.5 Å². The highest BCUT2D eigenvalue weighted by Gasteiger charge is 2.13. The molecular formula is C10H6ClNO2. The normalized spacial score (nSPS) is 10.4. The second-order valence-electron chi connectivity index (χ2n) is 2.81. The van der Waals surface area contributed by atoms with Gasteiger partial charge < -0.3 is 5.11 Å². The van der Waals surface area contributed by atoms with Crippen LogP contribution in [0.5, 0.6) is 5.75 Å². The minimum atomic E-state index is -0.680. The van der Waals surface area contributed by atoms with E-state index in [2.05, 4.69) is 4.98 Å². The summed E-state index contributed by atoms with van der Waals surface area (Å²) in [5.74, 6) is -0.191. The van der Waals surface area contributed by atoms with E-state index in [0.29, 0.717) is 10.9 Å². The van der Waals surface area contributed by atoms with Crippen LogP contribution in [0.2, 0.25) is 0 Å². The standard InChI is InChI=1S/C10H6ClNO2/c11-10(14)9-6-3-1-2-4-7(6)12-5-8(9)13/h1-5,13H. The van der Waals surface area contributed by atoms with Crippen molar-refractivity contribution in [3.8, 4) is 5.75 Å². The number of hydrogen-bond acceptors (Lipinski definition) is 3. The van der Waals surface area contributed by atoms with E-state index in [9.17, 15) is 9.90 Å². The molecule has 0 spiro atoms. The highest BCUT2D eigenvalue weighted by molar-refractivity contribution is 6.69. The molecule has 70 valence electrons. The third-order valence-electron chi connectivity index (χ3n) is 1.95. The Kier molecular flexibility index (Phi) is 2.09. The third-order valence-corrected chi connectivity index (χ3v) is 2.14. The molecule has 1 aromatic heterocycles. The SMILES string of the molecule is O=C(Cl)c1c(O)cnc2ccccc12. The Morgan fingerprint density at radius 1 is 1.36 bits per heavy atom. The molecule has 3 nitrogen and oxygen atoms in total. The molecule has 1 N–H and O–H groups in total. The van der Waals surface area contributed by atoms with Crippen LogP contribution in [0.3, 0.4) is 0 Å². The Bertz CT molecular complexity index is 510. The molecule has 0 radical (unpaired) electrons. The van der Waals surface area contributed by atoms with E-state index in [1.807, 2.05) is 0 Å². The predicted molar refractivity (Wildman–Crippen MR) is 53.6 cm³/mol. The number of nitrogens with zero attached hydrogens (tertiary/aromatic N) is 1. The van der Waals surface area contributed by atoms with Crippen LogP contribution in [-0.2, 0) is 0 Å². The maximum atomic E-state index is 11.1. The molecule has 0 amide bonds. The number of aromatic nitrogens is 1. The van der Waals surface area contributed by atoms with Gasteiger partial charge in [0, 0.05) is 5.39 Å². The second kappa shape index (κ2) is 3.27. The summed E-state index contributed by atoms with van der Waals surface area (Å²) < 4.78 is 0. The van der Waals surface area contributed by atoms with E-state index in [0.717, 1.165) is 0 Å². The third kappa shape index (κ3) is 1.32.